The second kappa shape index (κ2) is 8.05. The lowest BCUT2D eigenvalue weighted by Gasteiger charge is -2.19. The fourth-order valence-electron chi connectivity index (χ4n) is 1.59. The van der Waals surface area contributed by atoms with Crippen molar-refractivity contribution in [2.75, 3.05) is 12.3 Å². The number of esters is 1. The lowest BCUT2D eigenvalue weighted by molar-refractivity contribution is -0.151. The molecule has 1 aromatic carbocycles. The third-order valence-corrected chi connectivity index (χ3v) is 3.94. The van der Waals surface area contributed by atoms with Gasteiger partial charge in [-0.25, -0.2) is 0 Å². The summed E-state index contributed by atoms with van der Waals surface area (Å²) in [6, 6.07) is 6.11. The molecule has 1 aromatic rings. The van der Waals surface area contributed by atoms with Gasteiger partial charge in [0.05, 0.1) is 5.75 Å². The molecule has 112 valence electrons. The summed E-state index contributed by atoms with van der Waals surface area (Å²) in [4.78, 5) is 12.9. The van der Waals surface area contributed by atoms with Crippen LogP contribution in [0.5, 0.6) is 0 Å². The van der Waals surface area contributed by atoms with Crippen molar-refractivity contribution in [2.45, 2.75) is 44.7 Å². The van der Waals surface area contributed by atoms with Crippen LogP contribution >= 0.6 is 27.7 Å². The van der Waals surface area contributed by atoms with Crippen LogP contribution < -0.4 is 5.32 Å². The van der Waals surface area contributed by atoms with E-state index >= 15 is 0 Å². The van der Waals surface area contributed by atoms with Gasteiger partial charge in [-0.15, -0.1) is 11.8 Å². The molecular weight excluding hydrogens is 338 g/mol. The van der Waals surface area contributed by atoms with Gasteiger partial charge >= 0.3 is 5.97 Å². The summed E-state index contributed by atoms with van der Waals surface area (Å²) in [5.41, 5.74) is 0.763. The number of thioether (sulfide) groups is 1. The Morgan fingerprint density at radius 1 is 1.40 bits per heavy atom. The molecule has 0 amide bonds. The van der Waals surface area contributed by atoms with Crippen molar-refractivity contribution in [1.82, 2.24) is 5.32 Å². The number of hydrogen-bond donors (Lipinski definition) is 1. The first-order valence-electron chi connectivity index (χ1n) is 6.65. The van der Waals surface area contributed by atoms with Crippen LogP contribution in [-0.4, -0.2) is 23.9 Å². The van der Waals surface area contributed by atoms with Crippen LogP contribution in [0.1, 0.15) is 33.3 Å². The highest BCUT2D eigenvalue weighted by molar-refractivity contribution is 9.10. The zero-order chi connectivity index (χ0) is 15.2. The average molecular weight is 360 g/mol. The van der Waals surface area contributed by atoms with Crippen molar-refractivity contribution in [3.05, 3.63) is 28.2 Å². The van der Waals surface area contributed by atoms with Crippen molar-refractivity contribution in [3.8, 4) is 0 Å². The van der Waals surface area contributed by atoms with Crippen molar-refractivity contribution < 1.29 is 9.53 Å². The van der Waals surface area contributed by atoms with Crippen LogP contribution in [0.3, 0.4) is 0 Å². The zero-order valence-electron chi connectivity index (χ0n) is 12.5. The lowest BCUT2D eigenvalue weighted by Crippen LogP contribution is -2.25. The standard InChI is InChI=1S/C15H22BrNO2S/c1-5-17-9-11-8-12(16)6-7-13(11)20-10-14(18)19-15(2,3)4/h6-8,17H,5,9-10H2,1-4H3. The Bertz CT molecular complexity index is 458. The minimum atomic E-state index is -0.427. The van der Waals surface area contributed by atoms with Crippen molar-refractivity contribution in [3.63, 3.8) is 0 Å². The molecule has 0 aliphatic carbocycles. The van der Waals surface area contributed by atoms with Gasteiger partial charge < -0.3 is 10.1 Å². The summed E-state index contributed by atoms with van der Waals surface area (Å²) < 4.78 is 6.37. The highest BCUT2D eigenvalue weighted by Crippen LogP contribution is 2.26. The van der Waals surface area contributed by atoms with Gasteiger partial charge in [0, 0.05) is 15.9 Å². The Hall–Kier alpha value is -0.520. The van der Waals surface area contributed by atoms with Crippen LogP contribution in [0.25, 0.3) is 0 Å². The highest BCUT2D eigenvalue weighted by Gasteiger charge is 2.16. The smallest absolute Gasteiger partial charge is 0.316 e. The number of hydrogen-bond acceptors (Lipinski definition) is 4. The van der Waals surface area contributed by atoms with Crippen LogP contribution in [0.2, 0.25) is 0 Å². The number of nitrogens with one attached hydrogen (secondary N) is 1. The SMILES string of the molecule is CCNCc1cc(Br)ccc1SCC(=O)OC(C)(C)C. The zero-order valence-corrected chi connectivity index (χ0v) is 14.9. The Morgan fingerprint density at radius 2 is 2.10 bits per heavy atom. The van der Waals surface area contributed by atoms with Gasteiger partial charge in [0.25, 0.3) is 0 Å². The molecule has 0 bridgehead atoms. The van der Waals surface area contributed by atoms with Gasteiger partial charge in [-0.2, -0.15) is 0 Å². The minimum absolute atomic E-state index is 0.181. The predicted molar refractivity (Wildman–Crippen MR) is 88.1 cm³/mol. The molecule has 0 fully saturated rings. The molecule has 0 unspecified atom stereocenters. The summed E-state index contributed by atoms with van der Waals surface area (Å²) in [5, 5.41) is 3.31. The van der Waals surface area contributed by atoms with E-state index in [1.54, 1.807) is 0 Å². The van der Waals surface area contributed by atoms with Gasteiger partial charge in [0.15, 0.2) is 0 Å². The molecule has 1 rings (SSSR count). The molecule has 5 heteroatoms. The summed E-state index contributed by atoms with van der Waals surface area (Å²) in [5.74, 6) is 0.151. The molecule has 0 atom stereocenters. The normalized spacial score (nSPS) is 11.4. The highest BCUT2D eigenvalue weighted by atomic mass is 79.9. The number of benzene rings is 1. The number of carbonyl (C=O) groups is 1. The van der Waals surface area contributed by atoms with Crippen LogP contribution in [0.4, 0.5) is 0 Å². The van der Waals surface area contributed by atoms with Crippen LogP contribution in [-0.2, 0) is 16.1 Å². The molecule has 0 aromatic heterocycles. The van der Waals surface area contributed by atoms with E-state index in [0.717, 1.165) is 22.5 Å². The van der Waals surface area contributed by atoms with Gasteiger partial charge in [-0.3, -0.25) is 4.79 Å². The second-order valence-electron chi connectivity index (χ2n) is 5.41. The van der Waals surface area contributed by atoms with E-state index < -0.39 is 5.60 Å². The topological polar surface area (TPSA) is 38.3 Å². The third kappa shape index (κ3) is 6.77. The molecule has 1 N–H and O–H groups in total. The maximum absolute atomic E-state index is 11.8. The minimum Gasteiger partial charge on any atom is -0.459 e. The predicted octanol–water partition coefficient (Wildman–Crippen LogP) is 3.99. The quantitative estimate of drug-likeness (QED) is 0.615. The molecule has 0 radical (unpaired) electrons. The second-order valence-corrected chi connectivity index (χ2v) is 7.34. The van der Waals surface area contributed by atoms with E-state index in [4.69, 9.17) is 4.74 Å². The monoisotopic (exact) mass is 359 g/mol. The van der Waals surface area contributed by atoms with E-state index in [2.05, 4.69) is 34.2 Å². The molecule has 0 spiro atoms. The van der Waals surface area contributed by atoms with E-state index in [1.807, 2.05) is 32.9 Å². The molecule has 0 aliphatic heterocycles. The fraction of sp³-hybridized carbons (Fsp3) is 0.533. The molecule has 0 saturated heterocycles. The average Bonchev–Trinajstić information content (AvgIpc) is 2.33. The maximum Gasteiger partial charge on any atom is 0.316 e. The summed E-state index contributed by atoms with van der Waals surface area (Å²) in [7, 11) is 0. The van der Waals surface area contributed by atoms with Gasteiger partial charge in [-0.1, -0.05) is 22.9 Å². The Kier molecular flexibility index (Phi) is 7.06. The summed E-state index contributed by atoms with van der Waals surface area (Å²) in [6.07, 6.45) is 0. The van der Waals surface area contributed by atoms with Crippen LogP contribution in [0.15, 0.2) is 27.6 Å². The largest absolute Gasteiger partial charge is 0.459 e. The van der Waals surface area contributed by atoms with E-state index in [-0.39, 0.29) is 5.97 Å². The first kappa shape index (κ1) is 17.5. The number of carbonyl (C=O) groups excluding carboxylic acids is 1. The van der Waals surface area contributed by atoms with E-state index in [9.17, 15) is 4.79 Å². The van der Waals surface area contributed by atoms with Crippen LogP contribution in [0, 0.1) is 0 Å². The first-order valence-corrected chi connectivity index (χ1v) is 8.43. The Morgan fingerprint density at radius 3 is 2.70 bits per heavy atom. The van der Waals surface area contributed by atoms with Crippen molar-refractivity contribution >= 4 is 33.7 Å². The number of ether oxygens (including phenoxy) is 1. The molecule has 3 nitrogen and oxygen atoms in total. The lowest BCUT2D eigenvalue weighted by atomic mass is 10.2. The van der Waals surface area contributed by atoms with Crippen molar-refractivity contribution in [2.24, 2.45) is 0 Å². The van der Waals surface area contributed by atoms with E-state index in [0.29, 0.717) is 5.75 Å². The number of halogens is 1. The van der Waals surface area contributed by atoms with E-state index in [1.165, 1.54) is 17.3 Å². The van der Waals surface area contributed by atoms with Gasteiger partial charge in [0.1, 0.15) is 5.60 Å². The van der Waals surface area contributed by atoms with Crippen molar-refractivity contribution in [1.29, 1.82) is 0 Å². The van der Waals surface area contributed by atoms with Gasteiger partial charge in [0.2, 0.25) is 0 Å². The molecule has 0 heterocycles. The molecule has 0 saturated carbocycles. The molecule has 0 aliphatic rings. The van der Waals surface area contributed by atoms with Gasteiger partial charge in [-0.05, 0) is 51.1 Å². The Labute approximate surface area is 134 Å². The fourth-order valence-corrected chi connectivity index (χ4v) is 2.82. The maximum atomic E-state index is 11.8. The molecular formula is C15H22BrNO2S. The Balaban J connectivity index is 2.65. The number of rotatable bonds is 6. The summed E-state index contributed by atoms with van der Waals surface area (Å²) in [6.45, 7) is 9.43. The third-order valence-electron chi connectivity index (χ3n) is 2.35. The first-order chi connectivity index (χ1) is 9.31. The molecule has 20 heavy (non-hydrogen) atoms. The summed E-state index contributed by atoms with van der Waals surface area (Å²) >= 11 is 5.00.